The summed E-state index contributed by atoms with van der Waals surface area (Å²) in [6, 6.07) is 0. The second-order valence-corrected chi connectivity index (χ2v) is 10.1. The predicted molar refractivity (Wildman–Crippen MR) is 142 cm³/mol. The molecular formula is C30H60O2. The molecule has 32 heavy (non-hydrogen) atoms. The molecule has 0 aromatic heterocycles. The normalized spacial score (nSPS) is 11.2. The van der Waals surface area contributed by atoms with Gasteiger partial charge in [-0.2, -0.15) is 0 Å². The lowest BCUT2D eigenvalue weighted by atomic mass is 10.0. The van der Waals surface area contributed by atoms with Gasteiger partial charge in [-0.1, -0.05) is 162 Å². The zero-order valence-corrected chi connectivity index (χ0v) is 22.4. The summed E-state index contributed by atoms with van der Waals surface area (Å²) in [7, 11) is 0. The van der Waals surface area contributed by atoms with Gasteiger partial charge in [-0.05, 0) is 12.8 Å². The van der Waals surface area contributed by atoms with E-state index in [1.54, 1.807) is 0 Å². The molecule has 0 saturated carbocycles. The van der Waals surface area contributed by atoms with Crippen LogP contribution in [0.15, 0.2) is 0 Å². The lowest BCUT2D eigenvalue weighted by Gasteiger charge is -2.05. The van der Waals surface area contributed by atoms with E-state index < -0.39 is 0 Å². The van der Waals surface area contributed by atoms with Gasteiger partial charge in [0.05, 0.1) is 6.61 Å². The van der Waals surface area contributed by atoms with Crippen molar-refractivity contribution in [2.45, 2.75) is 181 Å². The number of carbonyl (C=O) groups excluding carboxylic acids is 1. The summed E-state index contributed by atoms with van der Waals surface area (Å²) >= 11 is 0. The number of hydrogen-bond donors (Lipinski definition) is 0. The Morgan fingerprint density at radius 2 is 0.688 bits per heavy atom. The summed E-state index contributed by atoms with van der Waals surface area (Å²) in [5.74, 6) is 0.00180. The molecule has 0 aliphatic heterocycles. The van der Waals surface area contributed by atoms with Crippen LogP contribution in [0.5, 0.6) is 0 Å². The maximum atomic E-state index is 11.5. The first-order valence-electron chi connectivity index (χ1n) is 15.0. The van der Waals surface area contributed by atoms with Gasteiger partial charge in [-0.15, -0.1) is 0 Å². The van der Waals surface area contributed by atoms with E-state index in [1.165, 1.54) is 135 Å². The van der Waals surface area contributed by atoms with Crippen molar-refractivity contribution in [3.63, 3.8) is 0 Å². The topological polar surface area (TPSA) is 26.3 Å². The third kappa shape index (κ3) is 27.5. The zero-order valence-electron chi connectivity index (χ0n) is 22.4. The van der Waals surface area contributed by atoms with Gasteiger partial charge in [0.1, 0.15) is 0 Å². The molecule has 0 atom stereocenters. The number of ether oxygens (including phenoxy) is 1. The number of unbranched alkanes of at least 4 members (excludes halogenated alkanes) is 23. The summed E-state index contributed by atoms with van der Waals surface area (Å²) in [5.41, 5.74) is 0. The maximum absolute atomic E-state index is 11.5. The molecule has 0 bridgehead atoms. The average Bonchev–Trinajstić information content (AvgIpc) is 2.79. The fourth-order valence-corrected chi connectivity index (χ4v) is 4.49. The van der Waals surface area contributed by atoms with Crippen molar-refractivity contribution >= 4 is 5.97 Å². The van der Waals surface area contributed by atoms with Crippen LogP contribution in [-0.2, 0) is 9.53 Å². The second kappa shape index (κ2) is 28.5. The fourth-order valence-electron chi connectivity index (χ4n) is 4.49. The van der Waals surface area contributed by atoms with E-state index in [2.05, 4.69) is 13.8 Å². The summed E-state index contributed by atoms with van der Waals surface area (Å²) in [4.78, 5) is 11.5. The van der Waals surface area contributed by atoms with Gasteiger partial charge in [0, 0.05) is 6.42 Å². The molecule has 0 unspecified atom stereocenters. The minimum Gasteiger partial charge on any atom is -0.466 e. The van der Waals surface area contributed by atoms with E-state index in [9.17, 15) is 4.79 Å². The summed E-state index contributed by atoms with van der Waals surface area (Å²) in [6.45, 7) is 5.08. The standard InChI is InChI=1S/C30H60O2/c1-3-5-7-8-9-10-11-12-13-14-15-16-17-18-19-20-21-22-23-24-25-27-29-32-30(31)28-26-6-4-2/h3-29H2,1-2H3. The van der Waals surface area contributed by atoms with E-state index >= 15 is 0 Å². The molecule has 2 heteroatoms. The van der Waals surface area contributed by atoms with E-state index in [0.717, 1.165) is 25.7 Å². The van der Waals surface area contributed by atoms with Gasteiger partial charge in [-0.3, -0.25) is 4.79 Å². The second-order valence-electron chi connectivity index (χ2n) is 10.1. The molecule has 0 aromatic carbocycles. The van der Waals surface area contributed by atoms with Gasteiger partial charge in [0.25, 0.3) is 0 Å². The van der Waals surface area contributed by atoms with Crippen molar-refractivity contribution in [1.82, 2.24) is 0 Å². The van der Waals surface area contributed by atoms with Crippen molar-refractivity contribution in [2.24, 2.45) is 0 Å². The van der Waals surface area contributed by atoms with Gasteiger partial charge >= 0.3 is 5.97 Å². The van der Waals surface area contributed by atoms with Crippen molar-refractivity contribution in [3.05, 3.63) is 0 Å². The SMILES string of the molecule is CCCCCCCCCCCCCCCCCCCCCCCCOC(=O)CCCCC. The number of carbonyl (C=O) groups is 1. The van der Waals surface area contributed by atoms with Crippen LogP contribution in [0.1, 0.15) is 181 Å². The molecule has 0 N–H and O–H groups in total. The highest BCUT2D eigenvalue weighted by atomic mass is 16.5. The summed E-state index contributed by atoms with van der Waals surface area (Å²) < 4.78 is 5.29. The zero-order chi connectivity index (χ0) is 23.4. The predicted octanol–water partition coefficient (Wildman–Crippen LogP) is 10.7. The largest absolute Gasteiger partial charge is 0.466 e. The third-order valence-corrected chi connectivity index (χ3v) is 6.75. The molecule has 0 saturated heterocycles. The number of hydrogen-bond acceptors (Lipinski definition) is 2. The first-order chi connectivity index (χ1) is 15.8. The number of esters is 1. The molecular weight excluding hydrogens is 392 g/mol. The highest BCUT2D eigenvalue weighted by Crippen LogP contribution is 2.15. The van der Waals surface area contributed by atoms with Crippen LogP contribution in [0.2, 0.25) is 0 Å². The minimum absolute atomic E-state index is 0.00180. The van der Waals surface area contributed by atoms with Crippen LogP contribution in [0.3, 0.4) is 0 Å². The lowest BCUT2D eigenvalue weighted by Crippen LogP contribution is -2.05. The summed E-state index contributed by atoms with van der Waals surface area (Å²) in [5, 5.41) is 0. The van der Waals surface area contributed by atoms with Crippen LogP contribution < -0.4 is 0 Å². The Morgan fingerprint density at radius 1 is 0.406 bits per heavy atom. The van der Waals surface area contributed by atoms with Gasteiger partial charge in [0.2, 0.25) is 0 Å². The molecule has 0 heterocycles. The maximum Gasteiger partial charge on any atom is 0.305 e. The Kier molecular flexibility index (Phi) is 28.0. The molecule has 0 radical (unpaired) electrons. The molecule has 0 aromatic rings. The van der Waals surface area contributed by atoms with Crippen LogP contribution in [-0.4, -0.2) is 12.6 Å². The van der Waals surface area contributed by atoms with Gasteiger partial charge in [-0.25, -0.2) is 0 Å². The quantitative estimate of drug-likeness (QED) is 0.0914. The van der Waals surface area contributed by atoms with Gasteiger partial charge in [0.15, 0.2) is 0 Å². The van der Waals surface area contributed by atoms with Crippen molar-refractivity contribution in [1.29, 1.82) is 0 Å². The molecule has 0 aliphatic carbocycles. The molecule has 0 aliphatic rings. The van der Waals surface area contributed by atoms with Crippen LogP contribution in [0.25, 0.3) is 0 Å². The van der Waals surface area contributed by atoms with Crippen molar-refractivity contribution in [2.75, 3.05) is 6.61 Å². The Hall–Kier alpha value is -0.530. The van der Waals surface area contributed by atoms with E-state index in [0.29, 0.717) is 13.0 Å². The molecule has 0 spiro atoms. The molecule has 192 valence electrons. The lowest BCUT2D eigenvalue weighted by molar-refractivity contribution is -0.143. The van der Waals surface area contributed by atoms with E-state index in [-0.39, 0.29) is 5.97 Å². The van der Waals surface area contributed by atoms with Crippen LogP contribution in [0.4, 0.5) is 0 Å². The van der Waals surface area contributed by atoms with Crippen LogP contribution in [0, 0.1) is 0 Å². The van der Waals surface area contributed by atoms with Crippen molar-refractivity contribution in [3.8, 4) is 0 Å². The monoisotopic (exact) mass is 452 g/mol. The first kappa shape index (κ1) is 31.5. The first-order valence-corrected chi connectivity index (χ1v) is 15.0. The molecule has 0 amide bonds. The fraction of sp³-hybridized carbons (Fsp3) is 0.967. The summed E-state index contributed by atoms with van der Waals surface area (Å²) in [6.07, 6.45) is 34.8. The van der Waals surface area contributed by atoms with Gasteiger partial charge < -0.3 is 4.74 Å². The Labute approximate surface area is 203 Å². The Morgan fingerprint density at radius 3 is 1.03 bits per heavy atom. The van der Waals surface area contributed by atoms with Crippen LogP contribution >= 0.6 is 0 Å². The van der Waals surface area contributed by atoms with Crippen molar-refractivity contribution < 1.29 is 9.53 Å². The van der Waals surface area contributed by atoms with E-state index in [1.807, 2.05) is 0 Å². The Bertz CT molecular complexity index is 353. The van der Waals surface area contributed by atoms with E-state index in [4.69, 9.17) is 4.74 Å². The molecule has 2 nitrogen and oxygen atoms in total. The third-order valence-electron chi connectivity index (χ3n) is 6.75. The molecule has 0 fully saturated rings. The number of rotatable bonds is 27. The average molecular weight is 453 g/mol. The minimum atomic E-state index is 0.00180. The Balaban J connectivity index is 3.06. The highest BCUT2D eigenvalue weighted by molar-refractivity contribution is 5.69. The highest BCUT2D eigenvalue weighted by Gasteiger charge is 2.01. The smallest absolute Gasteiger partial charge is 0.305 e. The molecule has 0 rings (SSSR count).